The number of likely N-dealkylation sites (N-methyl/N-ethyl adjacent to an activating group) is 2. The zero-order valence-corrected chi connectivity index (χ0v) is 10.5. The highest BCUT2D eigenvalue weighted by atomic mass is 16.5. The van der Waals surface area contributed by atoms with Crippen molar-refractivity contribution in [3.63, 3.8) is 0 Å². The molecule has 0 fully saturated rings. The zero-order valence-electron chi connectivity index (χ0n) is 10.5. The Bertz CT molecular complexity index is 188. The minimum absolute atomic E-state index is 0.494. The summed E-state index contributed by atoms with van der Waals surface area (Å²) >= 11 is 0. The smallest absolute Gasteiger partial charge is 0.322 e. The second-order valence-corrected chi connectivity index (χ2v) is 3.54. The van der Waals surface area contributed by atoms with Gasteiger partial charge in [-0.15, -0.1) is 0 Å². The van der Waals surface area contributed by atoms with E-state index in [0.29, 0.717) is 26.3 Å². The first-order chi connectivity index (χ1) is 7.65. The van der Waals surface area contributed by atoms with Crippen molar-refractivity contribution in [2.45, 2.75) is 26.8 Å². The van der Waals surface area contributed by atoms with Crippen molar-refractivity contribution in [3.8, 4) is 0 Å². The topological polar surface area (TPSA) is 61.8 Å². The predicted molar refractivity (Wildman–Crippen MR) is 63.7 cm³/mol. The molecule has 0 aromatic heterocycles. The fourth-order valence-electron chi connectivity index (χ4n) is 1.45. The van der Waals surface area contributed by atoms with Crippen LogP contribution in [0.2, 0.25) is 0 Å². The lowest BCUT2D eigenvalue weighted by Gasteiger charge is -2.24. The molecule has 0 aliphatic rings. The number of rotatable bonds is 10. The van der Waals surface area contributed by atoms with Gasteiger partial charge in [0.1, 0.15) is 6.04 Å². The van der Waals surface area contributed by atoms with Crippen molar-refractivity contribution in [1.82, 2.24) is 10.2 Å². The third-order valence-electron chi connectivity index (χ3n) is 2.39. The maximum absolute atomic E-state index is 11.0. The molecule has 0 aliphatic carbocycles. The average molecular weight is 232 g/mol. The van der Waals surface area contributed by atoms with Gasteiger partial charge in [-0.05, 0) is 20.0 Å². The van der Waals surface area contributed by atoms with Crippen LogP contribution in [0.25, 0.3) is 0 Å². The van der Waals surface area contributed by atoms with Crippen molar-refractivity contribution in [3.05, 3.63) is 0 Å². The van der Waals surface area contributed by atoms with Gasteiger partial charge >= 0.3 is 5.97 Å². The third-order valence-corrected chi connectivity index (χ3v) is 2.39. The Hall–Kier alpha value is -0.650. The predicted octanol–water partition coefficient (Wildman–Crippen LogP) is 0.408. The molecule has 0 bridgehead atoms. The summed E-state index contributed by atoms with van der Waals surface area (Å²) in [4.78, 5) is 13.0. The minimum atomic E-state index is -0.795. The van der Waals surface area contributed by atoms with E-state index >= 15 is 0 Å². The Balaban J connectivity index is 3.99. The molecule has 0 rings (SSSR count). The van der Waals surface area contributed by atoms with Crippen LogP contribution < -0.4 is 5.32 Å². The zero-order chi connectivity index (χ0) is 12.4. The highest BCUT2D eigenvalue weighted by Gasteiger charge is 2.18. The summed E-state index contributed by atoms with van der Waals surface area (Å²) in [5, 5.41) is 12.0. The highest BCUT2D eigenvalue weighted by molar-refractivity contribution is 5.73. The quantitative estimate of drug-likeness (QED) is 0.534. The van der Waals surface area contributed by atoms with E-state index < -0.39 is 12.0 Å². The molecule has 5 nitrogen and oxygen atoms in total. The van der Waals surface area contributed by atoms with Gasteiger partial charge in [0.05, 0.1) is 6.61 Å². The number of nitrogens with one attached hydrogen (secondary N) is 1. The number of ether oxygens (including phenoxy) is 1. The van der Waals surface area contributed by atoms with E-state index in [2.05, 4.69) is 10.2 Å². The first kappa shape index (κ1) is 15.3. The fraction of sp³-hybridized carbons (Fsp3) is 0.909. The third kappa shape index (κ3) is 6.76. The van der Waals surface area contributed by atoms with Crippen molar-refractivity contribution >= 4 is 5.97 Å². The van der Waals surface area contributed by atoms with Crippen LogP contribution in [0.15, 0.2) is 0 Å². The van der Waals surface area contributed by atoms with E-state index in [4.69, 9.17) is 9.84 Å². The molecule has 1 atom stereocenters. The van der Waals surface area contributed by atoms with Gasteiger partial charge in [0, 0.05) is 19.7 Å². The van der Waals surface area contributed by atoms with Crippen molar-refractivity contribution in [2.24, 2.45) is 0 Å². The number of nitrogens with zero attached hydrogens (tertiary/aromatic N) is 1. The number of hydrogen-bond acceptors (Lipinski definition) is 4. The Morgan fingerprint density at radius 1 is 1.44 bits per heavy atom. The highest BCUT2D eigenvalue weighted by Crippen LogP contribution is 1.94. The molecule has 5 heteroatoms. The maximum atomic E-state index is 11.0. The molecule has 0 spiro atoms. The summed E-state index contributed by atoms with van der Waals surface area (Å²) in [6, 6.07) is -0.494. The molecular formula is C11H24N2O3. The first-order valence-corrected chi connectivity index (χ1v) is 5.91. The summed E-state index contributed by atoms with van der Waals surface area (Å²) in [6.07, 6.45) is 0. The van der Waals surface area contributed by atoms with E-state index in [-0.39, 0.29) is 0 Å². The molecule has 0 amide bonds. The number of hydrogen-bond donors (Lipinski definition) is 2. The Morgan fingerprint density at radius 2 is 2.12 bits per heavy atom. The van der Waals surface area contributed by atoms with Gasteiger partial charge in [-0.1, -0.05) is 13.8 Å². The minimum Gasteiger partial charge on any atom is -0.480 e. The van der Waals surface area contributed by atoms with Crippen LogP contribution >= 0.6 is 0 Å². The lowest BCUT2D eigenvalue weighted by Crippen LogP contribution is -2.46. The molecule has 0 aliphatic heterocycles. The van der Waals surface area contributed by atoms with Crippen molar-refractivity contribution < 1.29 is 14.6 Å². The molecule has 1 unspecified atom stereocenters. The summed E-state index contributed by atoms with van der Waals surface area (Å²) in [6.45, 7) is 10.0. The van der Waals surface area contributed by atoms with E-state index in [9.17, 15) is 4.79 Å². The molecule has 0 heterocycles. The Labute approximate surface area is 97.8 Å². The van der Waals surface area contributed by atoms with Crippen LogP contribution in [0.4, 0.5) is 0 Å². The Morgan fingerprint density at radius 3 is 2.56 bits per heavy atom. The molecular weight excluding hydrogens is 208 g/mol. The standard InChI is InChI=1S/C11H24N2O3/c1-4-12-10(11(14)15)9-13(5-2)7-8-16-6-3/h10,12H,4-9H2,1-3H3,(H,14,15). The summed E-state index contributed by atoms with van der Waals surface area (Å²) in [5.74, 6) is -0.795. The van der Waals surface area contributed by atoms with Crippen LogP contribution in [-0.4, -0.2) is 61.4 Å². The normalized spacial score (nSPS) is 13.0. The monoisotopic (exact) mass is 232 g/mol. The SMILES string of the molecule is CCNC(CN(CC)CCOCC)C(=O)O. The second-order valence-electron chi connectivity index (χ2n) is 3.54. The summed E-state index contributed by atoms with van der Waals surface area (Å²) in [5.41, 5.74) is 0. The molecule has 96 valence electrons. The van der Waals surface area contributed by atoms with Gasteiger partial charge in [-0.2, -0.15) is 0 Å². The van der Waals surface area contributed by atoms with E-state index in [0.717, 1.165) is 13.1 Å². The van der Waals surface area contributed by atoms with Gasteiger partial charge in [-0.25, -0.2) is 0 Å². The van der Waals surface area contributed by atoms with Crippen LogP contribution in [0, 0.1) is 0 Å². The number of aliphatic carboxylic acids is 1. The molecule has 0 saturated heterocycles. The van der Waals surface area contributed by atoms with Crippen molar-refractivity contribution in [2.75, 3.05) is 39.4 Å². The lowest BCUT2D eigenvalue weighted by molar-refractivity contribution is -0.140. The molecule has 16 heavy (non-hydrogen) atoms. The molecule has 0 aromatic rings. The van der Waals surface area contributed by atoms with Crippen LogP contribution in [-0.2, 0) is 9.53 Å². The van der Waals surface area contributed by atoms with Crippen molar-refractivity contribution in [1.29, 1.82) is 0 Å². The van der Waals surface area contributed by atoms with Gasteiger partial charge in [0.25, 0.3) is 0 Å². The molecule has 0 aromatic carbocycles. The van der Waals surface area contributed by atoms with Gasteiger partial charge in [-0.3, -0.25) is 9.69 Å². The largest absolute Gasteiger partial charge is 0.480 e. The first-order valence-electron chi connectivity index (χ1n) is 5.91. The number of carboxylic acid groups (broad SMARTS) is 1. The molecule has 0 saturated carbocycles. The average Bonchev–Trinajstić information content (AvgIpc) is 2.26. The van der Waals surface area contributed by atoms with Gasteiger partial charge < -0.3 is 15.2 Å². The van der Waals surface area contributed by atoms with Crippen LogP contribution in [0.5, 0.6) is 0 Å². The maximum Gasteiger partial charge on any atom is 0.322 e. The molecule has 2 N–H and O–H groups in total. The van der Waals surface area contributed by atoms with Gasteiger partial charge in [0.15, 0.2) is 0 Å². The van der Waals surface area contributed by atoms with E-state index in [1.165, 1.54) is 0 Å². The number of carboxylic acids is 1. The van der Waals surface area contributed by atoms with E-state index in [1.54, 1.807) is 0 Å². The summed E-state index contributed by atoms with van der Waals surface area (Å²) in [7, 11) is 0. The van der Waals surface area contributed by atoms with Crippen LogP contribution in [0.1, 0.15) is 20.8 Å². The fourth-order valence-corrected chi connectivity index (χ4v) is 1.45. The Kier molecular flexibility index (Phi) is 9.18. The van der Waals surface area contributed by atoms with Gasteiger partial charge in [0.2, 0.25) is 0 Å². The summed E-state index contributed by atoms with van der Waals surface area (Å²) < 4.78 is 5.26. The lowest BCUT2D eigenvalue weighted by atomic mass is 10.2. The van der Waals surface area contributed by atoms with Crippen LogP contribution in [0.3, 0.4) is 0 Å². The van der Waals surface area contributed by atoms with E-state index in [1.807, 2.05) is 20.8 Å². The molecule has 0 radical (unpaired) electrons. The second kappa shape index (κ2) is 9.57. The number of carbonyl (C=O) groups is 1.